The fraction of sp³-hybridized carbons (Fsp3) is 0.333. The maximum absolute atomic E-state index is 13.7. The molecule has 3 aliphatic rings. The lowest BCUT2D eigenvalue weighted by atomic mass is 9.90. The van der Waals surface area contributed by atoms with Gasteiger partial charge in [-0.05, 0) is 216 Å². The van der Waals surface area contributed by atoms with Crippen molar-refractivity contribution >= 4 is 35.3 Å². The number of benzene rings is 6. The highest BCUT2D eigenvalue weighted by molar-refractivity contribution is 8.00. The number of rotatable bonds is 10. The maximum atomic E-state index is 13.7. The molecule has 0 aromatic heterocycles. The molecule has 0 unspecified atom stereocenters. The van der Waals surface area contributed by atoms with Gasteiger partial charge in [-0.2, -0.15) is 0 Å². The Balaban J connectivity index is 0.000000145. The van der Waals surface area contributed by atoms with Crippen LogP contribution in [0.4, 0.5) is 17.6 Å². The Morgan fingerprint density at radius 1 is 0.446 bits per heavy atom. The first-order chi connectivity index (χ1) is 31.6. The Hall–Kier alpha value is -4.07. The summed E-state index contributed by atoms with van der Waals surface area (Å²) in [4.78, 5) is 6.22. The maximum Gasteiger partial charge on any atom is 0.127 e. The van der Waals surface area contributed by atoms with Gasteiger partial charge < -0.3 is 21.1 Å². The van der Waals surface area contributed by atoms with Crippen LogP contribution >= 0.6 is 35.3 Å². The van der Waals surface area contributed by atoms with Crippen LogP contribution in [0.15, 0.2) is 151 Å². The average molecular weight is 938 g/mol. The zero-order valence-corrected chi connectivity index (χ0v) is 39.6. The number of halogens is 4. The largest absolute Gasteiger partial charge is 0.392 e. The second-order valence-corrected chi connectivity index (χ2v) is 20.2. The minimum Gasteiger partial charge on any atom is -0.392 e. The summed E-state index contributed by atoms with van der Waals surface area (Å²) < 4.78 is 54.3. The van der Waals surface area contributed by atoms with Gasteiger partial charge in [0.1, 0.15) is 23.3 Å². The van der Waals surface area contributed by atoms with Gasteiger partial charge in [-0.1, -0.05) is 83.8 Å². The molecule has 0 saturated carbocycles. The van der Waals surface area contributed by atoms with E-state index in [-0.39, 0.29) is 29.9 Å². The highest BCUT2D eigenvalue weighted by Crippen LogP contribution is 2.41. The summed E-state index contributed by atoms with van der Waals surface area (Å²) in [6.45, 7) is 9.96. The summed E-state index contributed by atoms with van der Waals surface area (Å²) in [6.07, 6.45) is 6.70. The van der Waals surface area contributed by atoms with Crippen LogP contribution in [0.25, 0.3) is 0 Å². The minimum atomic E-state index is -0.243. The van der Waals surface area contributed by atoms with Crippen LogP contribution in [0.2, 0.25) is 0 Å². The van der Waals surface area contributed by atoms with Crippen LogP contribution < -0.4 is 16.0 Å². The number of nitrogens with one attached hydrogen (secondary N) is 3. The van der Waals surface area contributed by atoms with Gasteiger partial charge in [-0.3, -0.25) is 0 Å². The first kappa shape index (κ1) is 48.9. The monoisotopic (exact) mass is 937 g/mol. The predicted octanol–water partition coefficient (Wildman–Crippen LogP) is 13.6. The van der Waals surface area contributed by atoms with Gasteiger partial charge in [0.2, 0.25) is 0 Å². The van der Waals surface area contributed by atoms with Crippen LogP contribution in [0, 0.1) is 37.1 Å². The van der Waals surface area contributed by atoms with Gasteiger partial charge in [0.05, 0.1) is 6.61 Å². The summed E-state index contributed by atoms with van der Waals surface area (Å²) in [5.41, 5.74) is 6.33. The van der Waals surface area contributed by atoms with E-state index in [1.54, 1.807) is 37.3 Å². The molecule has 0 atom stereocenters. The highest BCUT2D eigenvalue weighted by atomic mass is 32.2. The Kier molecular flexibility index (Phi) is 18.5. The molecule has 0 spiro atoms. The number of hydrogen-bond donors (Lipinski definition) is 4. The molecular formula is C54H59F4N3OS3. The van der Waals surface area contributed by atoms with Crippen molar-refractivity contribution in [3.63, 3.8) is 0 Å². The molecule has 11 heteroatoms. The van der Waals surface area contributed by atoms with Crippen molar-refractivity contribution in [2.24, 2.45) is 0 Å². The Bertz CT molecular complexity index is 2450. The van der Waals surface area contributed by atoms with E-state index >= 15 is 0 Å². The lowest BCUT2D eigenvalue weighted by Gasteiger charge is -2.25. The van der Waals surface area contributed by atoms with Crippen molar-refractivity contribution in [3.05, 3.63) is 178 Å². The van der Waals surface area contributed by atoms with Crippen LogP contribution in [-0.4, -0.2) is 44.4 Å². The second-order valence-electron chi connectivity index (χ2n) is 16.9. The lowest BCUT2D eigenvalue weighted by molar-refractivity contribution is 0.282. The van der Waals surface area contributed by atoms with Crippen LogP contribution in [0.1, 0.15) is 89.7 Å². The molecule has 9 rings (SSSR count). The van der Waals surface area contributed by atoms with E-state index in [2.05, 4.69) is 52.3 Å². The smallest absolute Gasteiger partial charge is 0.127 e. The van der Waals surface area contributed by atoms with Crippen LogP contribution in [0.3, 0.4) is 0 Å². The van der Waals surface area contributed by atoms with Gasteiger partial charge in [0, 0.05) is 29.4 Å². The minimum absolute atomic E-state index is 0.108. The first-order valence-electron chi connectivity index (χ1n) is 22.7. The van der Waals surface area contributed by atoms with Crippen molar-refractivity contribution in [3.8, 4) is 0 Å². The van der Waals surface area contributed by atoms with Gasteiger partial charge >= 0.3 is 0 Å². The van der Waals surface area contributed by atoms with E-state index in [4.69, 9.17) is 5.11 Å². The van der Waals surface area contributed by atoms with Gasteiger partial charge in [0.15, 0.2) is 0 Å². The third-order valence-corrected chi connectivity index (χ3v) is 15.7. The molecule has 342 valence electrons. The number of aliphatic hydroxyl groups is 1. The summed E-state index contributed by atoms with van der Waals surface area (Å²) >= 11 is 4.80. The summed E-state index contributed by atoms with van der Waals surface area (Å²) in [5, 5.41) is 19.3. The third kappa shape index (κ3) is 14.2. The molecule has 0 amide bonds. The predicted molar refractivity (Wildman–Crippen MR) is 261 cm³/mol. The topological polar surface area (TPSA) is 56.3 Å². The summed E-state index contributed by atoms with van der Waals surface area (Å²) in [7, 11) is 0. The number of aryl methyl sites for hydroxylation is 2. The first-order valence-corrected chi connectivity index (χ1v) is 25.1. The zero-order chi connectivity index (χ0) is 45.5. The van der Waals surface area contributed by atoms with Crippen molar-refractivity contribution < 1.29 is 22.7 Å². The molecule has 4 nitrogen and oxygen atoms in total. The summed E-state index contributed by atoms with van der Waals surface area (Å²) in [5.74, 6) is 0.661. The van der Waals surface area contributed by atoms with Crippen molar-refractivity contribution in [2.45, 2.75) is 106 Å². The molecule has 0 aliphatic carbocycles. The quantitative estimate of drug-likeness (QED) is 0.102. The molecule has 0 radical (unpaired) electrons. The number of hydrogen-bond acceptors (Lipinski definition) is 7. The standard InChI is InChI=1S/2C18H19F2NS.C18H21NOS/c1-12-10-14(19)3-5-17(12)22-18-11-15(20)2-4-16(18)13-6-8-21-9-7-13;1-12-2-4-15(11-17(12)20)22-18-10-14(19)3-5-16(18)13-6-8-21-9-7-13;20-13-14-5-7-16(8-6-14)21-18-4-2-1-3-17(18)15-9-11-19-12-10-15/h2*2-5,10-11,13,21H,6-9H2,1H3;1-8,15,19-20H,9-13H2. The van der Waals surface area contributed by atoms with E-state index in [0.717, 1.165) is 95.7 Å². The van der Waals surface area contributed by atoms with E-state index < -0.39 is 0 Å². The fourth-order valence-electron chi connectivity index (χ4n) is 8.58. The molecule has 3 heterocycles. The highest BCUT2D eigenvalue weighted by Gasteiger charge is 2.22. The SMILES string of the molecule is Cc1cc(F)ccc1Sc1cc(F)ccc1C1CCNCC1.Cc1ccc(Sc2cc(F)ccc2C2CCNCC2)cc1F.OCc1ccc(Sc2ccccc2C2CCNCC2)cc1. The Labute approximate surface area is 395 Å². The molecule has 3 fully saturated rings. The van der Waals surface area contributed by atoms with E-state index in [9.17, 15) is 17.6 Å². The molecule has 6 aromatic rings. The van der Waals surface area contributed by atoms with Crippen LogP contribution in [0.5, 0.6) is 0 Å². The zero-order valence-electron chi connectivity index (χ0n) is 37.2. The number of aliphatic hydroxyl groups excluding tert-OH is 1. The Morgan fingerprint density at radius 2 is 0.908 bits per heavy atom. The van der Waals surface area contributed by atoms with Crippen molar-refractivity contribution in [2.75, 3.05) is 39.3 Å². The number of piperidine rings is 3. The van der Waals surface area contributed by atoms with E-state index in [0.29, 0.717) is 23.3 Å². The molecule has 4 N–H and O–H groups in total. The summed E-state index contributed by atoms with van der Waals surface area (Å²) in [6, 6.07) is 36.9. The third-order valence-electron chi connectivity index (χ3n) is 12.3. The van der Waals surface area contributed by atoms with Crippen molar-refractivity contribution in [1.82, 2.24) is 16.0 Å². The van der Waals surface area contributed by atoms with Crippen molar-refractivity contribution in [1.29, 1.82) is 0 Å². The fourth-order valence-corrected chi connectivity index (χ4v) is 11.8. The van der Waals surface area contributed by atoms with Gasteiger partial charge in [-0.25, -0.2) is 17.6 Å². The molecule has 0 bridgehead atoms. The van der Waals surface area contributed by atoms with E-state index in [1.807, 2.05) is 49.0 Å². The average Bonchev–Trinajstić information content (AvgIpc) is 3.33. The van der Waals surface area contributed by atoms with Gasteiger partial charge in [0.25, 0.3) is 0 Å². The lowest BCUT2D eigenvalue weighted by Crippen LogP contribution is -2.26. The molecule has 65 heavy (non-hydrogen) atoms. The molecule has 3 saturated heterocycles. The van der Waals surface area contributed by atoms with E-state index in [1.165, 1.54) is 87.1 Å². The van der Waals surface area contributed by atoms with Gasteiger partial charge in [-0.15, -0.1) is 0 Å². The second kappa shape index (κ2) is 24.6. The molecular weight excluding hydrogens is 879 g/mol. The molecule has 3 aliphatic heterocycles. The van der Waals surface area contributed by atoms with Crippen LogP contribution in [-0.2, 0) is 6.61 Å². The Morgan fingerprint density at radius 3 is 1.43 bits per heavy atom. The normalized spacial score (nSPS) is 16.0. The molecule has 6 aromatic carbocycles.